The third-order valence-electron chi connectivity index (χ3n) is 2.16. The maximum absolute atomic E-state index is 14.1. The van der Waals surface area contributed by atoms with E-state index in [4.69, 9.17) is 46.4 Å². The first kappa shape index (κ1) is 14.8. The summed E-state index contributed by atoms with van der Waals surface area (Å²) < 4.78 is 30.6. The first-order valence-electron chi connectivity index (χ1n) is 4.76. The summed E-state index contributed by atoms with van der Waals surface area (Å²) in [6.45, 7) is 0. The fraction of sp³-hybridized carbons (Fsp3) is 0.200. The molecule has 19 heavy (non-hydrogen) atoms. The summed E-state index contributed by atoms with van der Waals surface area (Å²) >= 11 is 22.0. The third-order valence-corrected chi connectivity index (χ3v) is 2.89. The minimum atomic E-state index is -3.48. The highest BCUT2D eigenvalue weighted by atomic mass is 35.6. The van der Waals surface area contributed by atoms with Crippen molar-refractivity contribution in [2.75, 3.05) is 0 Å². The summed E-state index contributed by atoms with van der Waals surface area (Å²) in [7, 11) is 0. The van der Waals surface area contributed by atoms with Gasteiger partial charge in [0.1, 0.15) is 0 Å². The van der Waals surface area contributed by atoms with E-state index >= 15 is 0 Å². The summed E-state index contributed by atoms with van der Waals surface area (Å²) in [5, 5.41) is 3.46. The highest BCUT2D eigenvalue weighted by molar-refractivity contribution is 6.66. The number of aromatic nitrogens is 2. The van der Waals surface area contributed by atoms with Crippen molar-refractivity contribution in [3.05, 3.63) is 46.6 Å². The minimum absolute atomic E-state index is 0.328. The molecule has 0 radical (unpaired) electrons. The average molecular weight is 348 g/mol. The summed E-state index contributed by atoms with van der Waals surface area (Å²) in [6, 6.07) is 4.93. The molecule has 0 fully saturated rings. The molecule has 1 aromatic heterocycles. The van der Waals surface area contributed by atoms with E-state index in [9.17, 15) is 8.78 Å². The number of hydrogen-bond acceptors (Lipinski definition) is 3. The van der Waals surface area contributed by atoms with Crippen molar-refractivity contribution < 1.29 is 13.3 Å². The summed E-state index contributed by atoms with van der Waals surface area (Å²) in [5.74, 6) is -4.90. The van der Waals surface area contributed by atoms with Gasteiger partial charge in [-0.05, 0) is 12.1 Å². The second kappa shape index (κ2) is 5.05. The van der Waals surface area contributed by atoms with Crippen molar-refractivity contribution in [1.82, 2.24) is 10.1 Å². The monoisotopic (exact) mass is 346 g/mol. The van der Waals surface area contributed by atoms with Crippen LogP contribution in [0.5, 0.6) is 0 Å². The highest BCUT2D eigenvalue weighted by Gasteiger charge is 2.42. The van der Waals surface area contributed by atoms with Crippen LogP contribution in [0.15, 0.2) is 28.8 Å². The van der Waals surface area contributed by atoms with Crippen LogP contribution < -0.4 is 0 Å². The van der Waals surface area contributed by atoms with Gasteiger partial charge in [-0.3, -0.25) is 0 Å². The maximum Gasteiger partial charge on any atom is 0.335 e. The van der Waals surface area contributed by atoms with Crippen LogP contribution in [0, 0.1) is 0 Å². The van der Waals surface area contributed by atoms with Crippen LogP contribution in [0.2, 0.25) is 5.02 Å². The van der Waals surface area contributed by atoms with E-state index in [-0.39, 0.29) is 5.56 Å². The van der Waals surface area contributed by atoms with Crippen molar-refractivity contribution >= 4 is 46.4 Å². The molecule has 9 heteroatoms. The normalized spacial score (nSPS) is 12.7. The van der Waals surface area contributed by atoms with Crippen molar-refractivity contribution in [3.63, 3.8) is 0 Å². The molecule has 0 atom stereocenters. The Hall–Kier alpha value is -0.620. The molecule has 0 unspecified atom stereocenters. The van der Waals surface area contributed by atoms with Crippen LogP contribution >= 0.6 is 46.4 Å². The molecule has 0 saturated heterocycles. The predicted molar refractivity (Wildman–Crippen MR) is 68.0 cm³/mol. The second-order valence-corrected chi connectivity index (χ2v) is 6.22. The first-order valence-corrected chi connectivity index (χ1v) is 6.27. The predicted octanol–water partition coefficient (Wildman–Crippen LogP) is 4.69. The molecule has 1 aromatic carbocycles. The largest absolute Gasteiger partial charge is 0.335 e. The van der Waals surface area contributed by atoms with Gasteiger partial charge < -0.3 is 4.52 Å². The zero-order chi connectivity index (χ0) is 14.3. The SMILES string of the molecule is FC(F)(c1ccc(Cl)cc1)c1noc(C(Cl)(Cl)Cl)n1. The topological polar surface area (TPSA) is 38.9 Å². The van der Waals surface area contributed by atoms with Gasteiger partial charge in [-0.25, -0.2) is 0 Å². The van der Waals surface area contributed by atoms with Gasteiger partial charge in [0.05, 0.1) is 0 Å². The van der Waals surface area contributed by atoms with Crippen LogP contribution in [-0.2, 0) is 9.72 Å². The molecule has 0 N–H and O–H groups in total. The van der Waals surface area contributed by atoms with Crippen molar-refractivity contribution in [1.29, 1.82) is 0 Å². The van der Waals surface area contributed by atoms with E-state index in [2.05, 4.69) is 14.7 Å². The molecular weight excluding hydrogens is 344 g/mol. The van der Waals surface area contributed by atoms with Crippen molar-refractivity contribution in [3.8, 4) is 0 Å². The lowest BCUT2D eigenvalue weighted by molar-refractivity contribution is 0.0304. The molecule has 0 aliphatic heterocycles. The smallest absolute Gasteiger partial charge is 0.334 e. The van der Waals surface area contributed by atoms with Gasteiger partial charge in [0.15, 0.2) is 0 Å². The first-order chi connectivity index (χ1) is 8.71. The zero-order valence-electron chi connectivity index (χ0n) is 8.88. The Morgan fingerprint density at radius 2 is 1.63 bits per heavy atom. The van der Waals surface area contributed by atoms with E-state index in [0.29, 0.717) is 5.02 Å². The molecule has 2 aromatic rings. The lowest BCUT2D eigenvalue weighted by Gasteiger charge is -2.12. The third kappa shape index (κ3) is 3.11. The minimum Gasteiger partial charge on any atom is -0.334 e. The quantitative estimate of drug-likeness (QED) is 0.740. The molecule has 0 saturated carbocycles. The number of hydrogen-bond donors (Lipinski definition) is 0. The van der Waals surface area contributed by atoms with E-state index in [1.165, 1.54) is 12.1 Å². The Kier molecular flexibility index (Phi) is 3.93. The molecule has 3 nitrogen and oxygen atoms in total. The Bertz CT molecular complexity index is 580. The van der Waals surface area contributed by atoms with Crippen LogP contribution in [0.4, 0.5) is 8.78 Å². The van der Waals surface area contributed by atoms with E-state index < -0.39 is 21.4 Å². The van der Waals surface area contributed by atoms with Gasteiger partial charge in [-0.2, -0.15) is 13.8 Å². The van der Waals surface area contributed by atoms with Gasteiger partial charge in [-0.1, -0.05) is 63.7 Å². The number of nitrogens with zero attached hydrogens (tertiary/aromatic N) is 2. The van der Waals surface area contributed by atoms with Gasteiger partial charge in [0.25, 0.3) is 9.68 Å². The molecule has 2 rings (SSSR count). The molecular formula is C10H4Cl4F2N2O. The Balaban J connectivity index is 2.39. The van der Waals surface area contributed by atoms with E-state index in [1.807, 2.05) is 0 Å². The highest BCUT2D eigenvalue weighted by Crippen LogP contribution is 2.40. The van der Waals surface area contributed by atoms with E-state index in [1.54, 1.807) is 0 Å². The molecule has 0 amide bonds. The zero-order valence-corrected chi connectivity index (χ0v) is 11.9. The van der Waals surface area contributed by atoms with Crippen LogP contribution in [0.25, 0.3) is 0 Å². The fourth-order valence-corrected chi connectivity index (χ4v) is 1.61. The lowest BCUT2D eigenvalue weighted by Crippen LogP contribution is -2.17. The molecule has 0 bridgehead atoms. The average Bonchev–Trinajstić information content (AvgIpc) is 2.79. The van der Waals surface area contributed by atoms with Gasteiger partial charge in [-0.15, -0.1) is 0 Å². The number of benzene rings is 1. The molecule has 1 heterocycles. The van der Waals surface area contributed by atoms with Gasteiger partial charge in [0.2, 0.25) is 5.82 Å². The van der Waals surface area contributed by atoms with Crippen molar-refractivity contribution in [2.24, 2.45) is 0 Å². The lowest BCUT2D eigenvalue weighted by atomic mass is 10.1. The molecule has 0 aliphatic carbocycles. The Morgan fingerprint density at radius 3 is 2.11 bits per heavy atom. The number of halogens is 6. The molecule has 0 spiro atoms. The Labute approximate surface area is 126 Å². The number of alkyl halides is 5. The van der Waals surface area contributed by atoms with Crippen molar-refractivity contribution in [2.45, 2.75) is 9.72 Å². The molecule has 0 aliphatic rings. The van der Waals surface area contributed by atoms with E-state index in [0.717, 1.165) is 12.1 Å². The fourth-order valence-electron chi connectivity index (χ4n) is 1.25. The number of rotatable bonds is 2. The van der Waals surface area contributed by atoms with Crippen LogP contribution in [0.1, 0.15) is 17.3 Å². The maximum atomic E-state index is 14.1. The Morgan fingerprint density at radius 1 is 1.05 bits per heavy atom. The van der Waals surface area contributed by atoms with Gasteiger partial charge in [0, 0.05) is 10.6 Å². The molecule has 102 valence electrons. The summed E-state index contributed by atoms with van der Waals surface area (Å²) in [4.78, 5) is 3.40. The summed E-state index contributed by atoms with van der Waals surface area (Å²) in [5.41, 5.74) is -0.353. The van der Waals surface area contributed by atoms with Crippen LogP contribution in [-0.4, -0.2) is 10.1 Å². The second-order valence-electron chi connectivity index (χ2n) is 3.50. The van der Waals surface area contributed by atoms with Gasteiger partial charge >= 0.3 is 5.92 Å². The standard InChI is InChI=1S/C10H4Cl4F2N2O/c11-6-3-1-5(2-4-6)9(15,16)7-17-8(19-18-7)10(12,13)14/h1-4H. The summed E-state index contributed by atoms with van der Waals surface area (Å²) in [6.07, 6.45) is 0. The van der Waals surface area contributed by atoms with Crippen LogP contribution in [0.3, 0.4) is 0 Å².